The van der Waals surface area contributed by atoms with Gasteiger partial charge in [0.25, 0.3) is 5.91 Å². The first kappa shape index (κ1) is 15.9. The molecule has 7 heteroatoms. The van der Waals surface area contributed by atoms with Crippen LogP contribution in [0.1, 0.15) is 5.56 Å². The van der Waals surface area contributed by atoms with Gasteiger partial charge in [-0.2, -0.15) is 0 Å². The molecule has 0 bridgehead atoms. The van der Waals surface area contributed by atoms with Gasteiger partial charge >= 0.3 is 0 Å². The molecule has 4 nitrogen and oxygen atoms in total. The number of hydrogen-bond donors (Lipinski definition) is 2. The third-order valence-corrected chi connectivity index (χ3v) is 4.38. The Morgan fingerprint density at radius 3 is 2.52 bits per heavy atom. The number of phenols is 1. The van der Waals surface area contributed by atoms with Crippen molar-refractivity contribution in [2.24, 2.45) is 4.99 Å². The lowest BCUT2D eigenvalue weighted by molar-refractivity contribution is -0.115. The minimum absolute atomic E-state index is 0.0541. The summed E-state index contributed by atoms with van der Waals surface area (Å²) >= 11 is 12.9. The number of nitrogens with zero attached hydrogens (tertiary/aromatic N) is 1. The van der Waals surface area contributed by atoms with Crippen molar-refractivity contribution in [3.8, 4) is 5.75 Å². The molecular formula is C16H10Cl2N2O2S. The summed E-state index contributed by atoms with van der Waals surface area (Å²) in [5.41, 5.74) is 1.16. The van der Waals surface area contributed by atoms with Crippen molar-refractivity contribution in [2.45, 2.75) is 0 Å². The number of phenolic OH excluding ortho intramolecular Hbond substituents is 1. The van der Waals surface area contributed by atoms with E-state index in [0.717, 1.165) is 0 Å². The number of nitrogens with one attached hydrogen (secondary N) is 1. The molecule has 0 aromatic heterocycles. The Bertz CT molecular complexity index is 832. The molecular weight excluding hydrogens is 355 g/mol. The number of amidine groups is 1. The van der Waals surface area contributed by atoms with Crippen LogP contribution in [0.25, 0.3) is 6.08 Å². The minimum atomic E-state index is -0.276. The number of amides is 1. The van der Waals surface area contributed by atoms with Crippen molar-refractivity contribution >= 4 is 57.8 Å². The van der Waals surface area contributed by atoms with E-state index in [9.17, 15) is 9.90 Å². The van der Waals surface area contributed by atoms with Gasteiger partial charge in [0.15, 0.2) is 5.17 Å². The molecule has 0 radical (unpaired) electrons. The molecule has 1 amide bonds. The van der Waals surface area contributed by atoms with Gasteiger partial charge in [0.1, 0.15) is 5.75 Å². The molecule has 0 atom stereocenters. The Morgan fingerprint density at radius 1 is 1.09 bits per heavy atom. The minimum Gasteiger partial charge on any atom is -0.507 e. The predicted octanol–water partition coefficient (Wildman–Crippen LogP) is 4.59. The maximum atomic E-state index is 12.0. The van der Waals surface area contributed by atoms with Gasteiger partial charge in [-0.05, 0) is 60.3 Å². The molecule has 2 aromatic rings. The fraction of sp³-hybridized carbons (Fsp3) is 0. The van der Waals surface area contributed by atoms with E-state index in [-0.39, 0.29) is 11.7 Å². The number of carbonyl (C=O) groups excluding carboxylic acids is 1. The molecule has 1 aliphatic heterocycles. The zero-order valence-electron chi connectivity index (χ0n) is 11.6. The average molecular weight is 365 g/mol. The smallest absolute Gasteiger partial charge is 0.264 e. The molecule has 1 heterocycles. The van der Waals surface area contributed by atoms with E-state index in [2.05, 4.69) is 10.3 Å². The number of thioether (sulfide) groups is 1. The van der Waals surface area contributed by atoms with Crippen LogP contribution >= 0.6 is 35.0 Å². The lowest BCUT2D eigenvalue weighted by atomic mass is 10.2. The van der Waals surface area contributed by atoms with Crippen LogP contribution in [-0.4, -0.2) is 16.2 Å². The number of hydrogen-bond acceptors (Lipinski definition) is 4. The summed E-state index contributed by atoms with van der Waals surface area (Å²) in [7, 11) is 0. The summed E-state index contributed by atoms with van der Waals surface area (Å²) in [5, 5.41) is 14.1. The van der Waals surface area contributed by atoms with Crippen molar-refractivity contribution in [3.05, 3.63) is 63.0 Å². The second-order valence-corrected chi connectivity index (χ2v) is 6.56. The van der Waals surface area contributed by atoms with Crippen LogP contribution in [0, 0.1) is 0 Å². The van der Waals surface area contributed by atoms with E-state index in [1.165, 1.54) is 17.8 Å². The fourth-order valence-corrected chi connectivity index (χ4v) is 3.03. The zero-order valence-corrected chi connectivity index (χ0v) is 13.9. The maximum absolute atomic E-state index is 12.0. The molecule has 0 saturated carbocycles. The van der Waals surface area contributed by atoms with Crippen molar-refractivity contribution in [3.63, 3.8) is 0 Å². The molecule has 2 N–H and O–H groups in total. The number of halogens is 2. The molecule has 0 aliphatic carbocycles. The summed E-state index contributed by atoms with van der Waals surface area (Å²) in [6.45, 7) is 0. The number of carbonyl (C=O) groups is 1. The average Bonchev–Trinajstić information content (AvgIpc) is 2.85. The summed E-state index contributed by atoms with van der Waals surface area (Å²) in [6.07, 6.45) is 1.57. The Hall–Kier alpha value is -1.95. The van der Waals surface area contributed by atoms with Crippen LogP contribution in [0.4, 0.5) is 5.69 Å². The molecule has 1 saturated heterocycles. The van der Waals surface area contributed by atoms with Gasteiger partial charge in [0.05, 0.1) is 10.6 Å². The molecule has 1 fully saturated rings. The maximum Gasteiger partial charge on any atom is 0.264 e. The molecule has 23 heavy (non-hydrogen) atoms. The Kier molecular flexibility index (Phi) is 4.61. The second kappa shape index (κ2) is 6.66. The third-order valence-electron chi connectivity index (χ3n) is 2.98. The predicted molar refractivity (Wildman–Crippen MR) is 95.4 cm³/mol. The van der Waals surface area contributed by atoms with Crippen molar-refractivity contribution in [1.82, 2.24) is 5.32 Å². The largest absolute Gasteiger partial charge is 0.507 e. The fourth-order valence-electron chi connectivity index (χ4n) is 1.90. The standard InChI is InChI=1S/C16H10Cl2N2O2S/c17-10-1-4-12(5-2-10)19-16-20-15(22)14(23-16)8-9-7-11(18)3-6-13(9)21/h1-8,21H,(H,19,20,22)/b14-8-. The first-order valence-corrected chi connectivity index (χ1v) is 8.12. The normalized spacial score (nSPS) is 17.7. The van der Waals surface area contributed by atoms with Crippen LogP contribution in [-0.2, 0) is 4.79 Å². The van der Waals surface area contributed by atoms with E-state index in [0.29, 0.717) is 31.4 Å². The molecule has 2 aromatic carbocycles. The molecule has 1 aliphatic rings. The Morgan fingerprint density at radius 2 is 1.78 bits per heavy atom. The molecule has 3 rings (SSSR count). The highest BCUT2D eigenvalue weighted by Gasteiger charge is 2.24. The highest BCUT2D eigenvalue weighted by atomic mass is 35.5. The Labute approximate surface area is 146 Å². The number of benzene rings is 2. The second-order valence-electron chi connectivity index (χ2n) is 4.66. The molecule has 0 unspecified atom stereocenters. The van der Waals surface area contributed by atoms with Crippen LogP contribution in [0.3, 0.4) is 0 Å². The summed E-state index contributed by atoms with van der Waals surface area (Å²) < 4.78 is 0. The highest BCUT2D eigenvalue weighted by Crippen LogP contribution is 2.31. The number of aromatic hydroxyl groups is 1. The van der Waals surface area contributed by atoms with Gasteiger partial charge in [-0.15, -0.1) is 0 Å². The summed E-state index contributed by atoms with van der Waals surface area (Å²) in [4.78, 5) is 16.8. The van der Waals surface area contributed by atoms with Crippen LogP contribution in [0.15, 0.2) is 52.4 Å². The monoisotopic (exact) mass is 364 g/mol. The van der Waals surface area contributed by atoms with Gasteiger partial charge in [-0.1, -0.05) is 23.2 Å². The lowest BCUT2D eigenvalue weighted by Crippen LogP contribution is -2.19. The van der Waals surface area contributed by atoms with E-state index in [1.807, 2.05) is 0 Å². The molecule has 116 valence electrons. The van der Waals surface area contributed by atoms with Crippen LogP contribution in [0.5, 0.6) is 5.75 Å². The van der Waals surface area contributed by atoms with Crippen LogP contribution < -0.4 is 5.32 Å². The van der Waals surface area contributed by atoms with Crippen molar-refractivity contribution < 1.29 is 9.90 Å². The van der Waals surface area contributed by atoms with Gasteiger partial charge in [0.2, 0.25) is 0 Å². The van der Waals surface area contributed by atoms with Crippen molar-refractivity contribution in [1.29, 1.82) is 0 Å². The van der Waals surface area contributed by atoms with E-state index >= 15 is 0 Å². The highest BCUT2D eigenvalue weighted by molar-refractivity contribution is 8.18. The quantitative estimate of drug-likeness (QED) is 0.766. The Balaban J connectivity index is 1.86. The molecule has 0 spiro atoms. The van der Waals surface area contributed by atoms with Crippen LogP contribution in [0.2, 0.25) is 10.0 Å². The number of rotatable bonds is 2. The zero-order chi connectivity index (χ0) is 16.4. The summed E-state index contributed by atoms with van der Waals surface area (Å²) in [6, 6.07) is 11.6. The van der Waals surface area contributed by atoms with Gasteiger partial charge in [-0.25, -0.2) is 4.99 Å². The topological polar surface area (TPSA) is 61.7 Å². The van der Waals surface area contributed by atoms with Crippen molar-refractivity contribution in [2.75, 3.05) is 0 Å². The first-order valence-electron chi connectivity index (χ1n) is 6.55. The van der Waals surface area contributed by atoms with E-state index in [1.54, 1.807) is 42.5 Å². The number of aliphatic imine (C=N–C) groups is 1. The van der Waals surface area contributed by atoms with Gasteiger partial charge in [0, 0.05) is 15.6 Å². The summed E-state index contributed by atoms with van der Waals surface area (Å²) in [5.74, 6) is -0.222. The van der Waals surface area contributed by atoms with E-state index in [4.69, 9.17) is 23.2 Å². The lowest BCUT2D eigenvalue weighted by Gasteiger charge is -2.00. The third kappa shape index (κ3) is 3.88. The van der Waals surface area contributed by atoms with E-state index < -0.39 is 0 Å². The van der Waals surface area contributed by atoms with Gasteiger partial charge in [-0.3, -0.25) is 4.79 Å². The van der Waals surface area contributed by atoms with Gasteiger partial charge < -0.3 is 10.4 Å². The first-order chi connectivity index (χ1) is 11.0. The SMILES string of the molecule is O=C1NC(=Nc2ccc(Cl)cc2)S/C1=C\c1cc(Cl)ccc1O.